The molecular weight excluding hydrogens is 222 g/mol. The average Bonchev–Trinajstić information content (AvgIpc) is 2.28. The number of amides is 1. The molecule has 1 aromatic carbocycles. The summed E-state index contributed by atoms with van der Waals surface area (Å²) in [7, 11) is 1.52. The van der Waals surface area contributed by atoms with Gasteiger partial charge < -0.3 is 20.3 Å². The summed E-state index contributed by atoms with van der Waals surface area (Å²) in [4.78, 5) is 10.6. The first-order valence-electron chi connectivity index (χ1n) is 5.31. The van der Waals surface area contributed by atoms with Crippen LogP contribution in [-0.2, 0) is 4.79 Å². The summed E-state index contributed by atoms with van der Waals surface area (Å²) in [6, 6.07) is 5.14. The van der Waals surface area contributed by atoms with E-state index in [0.717, 1.165) is 5.56 Å². The molecule has 0 heterocycles. The minimum Gasteiger partial charge on any atom is -0.493 e. The molecule has 94 valence electrons. The normalized spacial score (nSPS) is 11.9. The average molecular weight is 239 g/mol. The molecule has 0 bridgehead atoms. The van der Waals surface area contributed by atoms with Gasteiger partial charge in [0.25, 0.3) is 0 Å². The van der Waals surface area contributed by atoms with Crippen molar-refractivity contribution < 1.29 is 19.4 Å². The van der Waals surface area contributed by atoms with E-state index in [1.54, 1.807) is 25.1 Å². The summed E-state index contributed by atoms with van der Waals surface area (Å²) in [6.45, 7) is 1.88. The standard InChI is InChI=1S/C12H17NO4/c1-8(14)9-3-4-10(11(7-9)16-2)17-6-5-12(13)15/h3-4,7-8,14H,5-6H2,1-2H3,(H2,13,15)/t8-/m1/s1. The van der Waals surface area contributed by atoms with E-state index in [9.17, 15) is 9.90 Å². The topological polar surface area (TPSA) is 81.8 Å². The van der Waals surface area contributed by atoms with E-state index < -0.39 is 12.0 Å². The van der Waals surface area contributed by atoms with Gasteiger partial charge in [-0.25, -0.2) is 0 Å². The summed E-state index contributed by atoms with van der Waals surface area (Å²) >= 11 is 0. The predicted molar refractivity (Wildman–Crippen MR) is 62.9 cm³/mol. The van der Waals surface area contributed by atoms with Crippen molar-refractivity contribution in [2.45, 2.75) is 19.4 Å². The fourth-order valence-electron chi connectivity index (χ4n) is 1.32. The molecule has 1 aromatic rings. The van der Waals surface area contributed by atoms with Gasteiger partial charge in [0.1, 0.15) is 0 Å². The number of aliphatic hydroxyl groups is 1. The zero-order valence-electron chi connectivity index (χ0n) is 9.97. The van der Waals surface area contributed by atoms with Crippen molar-refractivity contribution in [3.8, 4) is 11.5 Å². The fraction of sp³-hybridized carbons (Fsp3) is 0.417. The van der Waals surface area contributed by atoms with E-state index in [1.165, 1.54) is 7.11 Å². The predicted octanol–water partition coefficient (Wildman–Crippen LogP) is 1.00. The number of rotatable bonds is 6. The largest absolute Gasteiger partial charge is 0.493 e. The van der Waals surface area contributed by atoms with E-state index in [1.807, 2.05) is 0 Å². The van der Waals surface area contributed by atoms with Gasteiger partial charge in [-0.05, 0) is 24.6 Å². The van der Waals surface area contributed by atoms with Crippen LogP contribution in [0.3, 0.4) is 0 Å². The van der Waals surface area contributed by atoms with E-state index in [-0.39, 0.29) is 13.0 Å². The molecule has 0 saturated carbocycles. The van der Waals surface area contributed by atoms with Crippen molar-refractivity contribution in [3.05, 3.63) is 23.8 Å². The maximum absolute atomic E-state index is 10.6. The number of primary amides is 1. The zero-order chi connectivity index (χ0) is 12.8. The van der Waals surface area contributed by atoms with Gasteiger partial charge in [-0.2, -0.15) is 0 Å². The summed E-state index contributed by atoms with van der Waals surface area (Å²) in [6.07, 6.45) is -0.412. The smallest absolute Gasteiger partial charge is 0.220 e. The van der Waals surface area contributed by atoms with Crippen LogP contribution in [0.1, 0.15) is 25.0 Å². The van der Waals surface area contributed by atoms with Gasteiger partial charge in [-0.1, -0.05) is 6.07 Å². The van der Waals surface area contributed by atoms with Crippen molar-refractivity contribution >= 4 is 5.91 Å². The SMILES string of the molecule is COc1cc([C@@H](C)O)ccc1OCCC(N)=O. The highest BCUT2D eigenvalue weighted by Crippen LogP contribution is 2.30. The molecule has 3 N–H and O–H groups in total. The molecule has 1 rings (SSSR count). The summed E-state index contributed by atoms with van der Waals surface area (Å²) in [5, 5.41) is 9.43. The van der Waals surface area contributed by atoms with Crippen LogP contribution in [0.4, 0.5) is 0 Å². The van der Waals surface area contributed by atoms with Crippen molar-refractivity contribution in [1.29, 1.82) is 0 Å². The molecular formula is C12H17NO4. The number of benzene rings is 1. The molecule has 1 amide bonds. The third-order valence-corrected chi connectivity index (χ3v) is 2.28. The minimum absolute atomic E-state index is 0.154. The molecule has 0 aromatic heterocycles. The lowest BCUT2D eigenvalue weighted by molar-refractivity contribution is -0.118. The van der Waals surface area contributed by atoms with Crippen LogP contribution in [0, 0.1) is 0 Å². The Labute approximate surface area is 100 Å². The molecule has 0 unspecified atom stereocenters. The van der Waals surface area contributed by atoms with Crippen molar-refractivity contribution in [3.63, 3.8) is 0 Å². The summed E-state index contributed by atoms with van der Waals surface area (Å²) in [5.41, 5.74) is 5.75. The highest BCUT2D eigenvalue weighted by atomic mass is 16.5. The lowest BCUT2D eigenvalue weighted by Crippen LogP contribution is -2.14. The second-order valence-electron chi connectivity index (χ2n) is 3.65. The van der Waals surface area contributed by atoms with E-state index in [4.69, 9.17) is 15.2 Å². The van der Waals surface area contributed by atoms with E-state index in [2.05, 4.69) is 0 Å². The van der Waals surface area contributed by atoms with Crippen molar-refractivity contribution in [1.82, 2.24) is 0 Å². The Bertz CT molecular complexity index is 390. The summed E-state index contributed by atoms with van der Waals surface area (Å²) < 4.78 is 10.5. The molecule has 0 aliphatic heterocycles. The minimum atomic E-state index is -0.566. The molecule has 17 heavy (non-hydrogen) atoms. The number of carbonyl (C=O) groups is 1. The van der Waals surface area contributed by atoms with Crippen LogP contribution >= 0.6 is 0 Å². The second-order valence-corrected chi connectivity index (χ2v) is 3.65. The molecule has 5 heteroatoms. The third kappa shape index (κ3) is 3.96. The lowest BCUT2D eigenvalue weighted by atomic mass is 10.1. The molecule has 0 aliphatic rings. The van der Waals surface area contributed by atoms with E-state index >= 15 is 0 Å². The van der Waals surface area contributed by atoms with Gasteiger partial charge in [-0.15, -0.1) is 0 Å². The third-order valence-electron chi connectivity index (χ3n) is 2.28. The van der Waals surface area contributed by atoms with E-state index in [0.29, 0.717) is 11.5 Å². The Kier molecular flexibility index (Phi) is 4.78. The molecule has 0 fully saturated rings. The molecule has 0 saturated heterocycles. The first kappa shape index (κ1) is 13.3. The molecule has 5 nitrogen and oxygen atoms in total. The van der Waals surface area contributed by atoms with Crippen molar-refractivity contribution in [2.75, 3.05) is 13.7 Å². The Morgan fingerprint density at radius 2 is 2.18 bits per heavy atom. The quantitative estimate of drug-likeness (QED) is 0.776. The number of nitrogens with two attached hydrogens (primary N) is 1. The first-order chi connectivity index (χ1) is 8.04. The number of ether oxygens (including phenoxy) is 2. The maximum atomic E-state index is 10.6. The number of carbonyl (C=O) groups excluding carboxylic acids is 1. The van der Waals surface area contributed by atoms with Crippen LogP contribution in [0.15, 0.2) is 18.2 Å². The van der Waals surface area contributed by atoms with Gasteiger partial charge in [0.2, 0.25) is 5.91 Å². The first-order valence-corrected chi connectivity index (χ1v) is 5.31. The summed E-state index contributed by atoms with van der Waals surface area (Å²) in [5.74, 6) is 0.635. The van der Waals surface area contributed by atoms with Crippen LogP contribution in [0.25, 0.3) is 0 Å². The number of methoxy groups -OCH3 is 1. The Morgan fingerprint density at radius 1 is 1.47 bits per heavy atom. The molecule has 0 radical (unpaired) electrons. The Hall–Kier alpha value is -1.75. The van der Waals surface area contributed by atoms with Gasteiger partial charge in [-0.3, -0.25) is 4.79 Å². The second kappa shape index (κ2) is 6.10. The Morgan fingerprint density at radius 3 is 2.71 bits per heavy atom. The van der Waals surface area contributed by atoms with Crippen LogP contribution < -0.4 is 15.2 Å². The highest BCUT2D eigenvalue weighted by molar-refractivity contribution is 5.73. The maximum Gasteiger partial charge on any atom is 0.220 e. The van der Waals surface area contributed by atoms with Crippen LogP contribution in [0.2, 0.25) is 0 Å². The number of hydrogen-bond acceptors (Lipinski definition) is 4. The molecule has 0 aliphatic carbocycles. The molecule has 1 atom stereocenters. The molecule has 0 spiro atoms. The van der Waals surface area contributed by atoms with Crippen molar-refractivity contribution in [2.24, 2.45) is 5.73 Å². The Balaban J connectivity index is 2.74. The van der Waals surface area contributed by atoms with Gasteiger partial charge in [0.15, 0.2) is 11.5 Å². The number of hydrogen-bond donors (Lipinski definition) is 2. The van der Waals surface area contributed by atoms with Gasteiger partial charge >= 0.3 is 0 Å². The zero-order valence-corrected chi connectivity index (χ0v) is 9.97. The fourth-order valence-corrected chi connectivity index (χ4v) is 1.32. The number of aliphatic hydroxyl groups excluding tert-OH is 1. The van der Waals surface area contributed by atoms with Gasteiger partial charge in [0.05, 0.1) is 26.2 Å². The highest BCUT2D eigenvalue weighted by Gasteiger charge is 2.08. The lowest BCUT2D eigenvalue weighted by Gasteiger charge is -2.12. The monoisotopic (exact) mass is 239 g/mol. The van der Waals surface area contributed by atoms with Crippen LogP contribution in [-0.4, -0.2) is 24.7 Å². The van der Waals surface area contributed by atoms with Crippen LogP contribution in [0.5, 0.6) is 11.5 Å². The van der Waals surface area contributed by atoms with Gasteiger partial charge in [0, 0.05) is 0 Å².